The number of aromatic nitrogens is 2. The third-order valence-corrected chi connectivity index (χ3v) is 7.90. The molecule has 0 saturated heterocycles. The summed E-state index contributed by atoms with van der Waals surface area (Å²) in [4.78, 5) is 23.2. The smallest absolute Gasteiger partial charge is 0.251 e. The molecule has 1 saturated carbocycles. The van der Waals surface area contributed by atoms with Crippen LogP contribution in [0.1, 0.15) is 52.2 Å². The maximum absolute atomic E-state index is 12.6. The molecule has 1 atom stereocenters. The molecule has 1 aromatic carbocycles. The highest BCUT2D eigenvalue weighted by atomic mass is 79.9. The Morgan fingerprint density at radius 1 is 1.32 bits per heavy atom. The van der Waals surface area contributed by atoms with E-state index in [1.807, 2.05) is 13.0 Å². The van der Waals surface area contributed by atoms with E-state index in [0.29, 0.717) is 30.5 Å². The average Bonchev–Trinajstić information content (AvgIpc) is 3.29. The van der Waals surface area contributed by atoms with Crippen molar-refractivity contribution in [2.24, 2.45) is 0 Å². The number of carbonyl (C=O) groups is 1. The molecule has 196 valence electrons. The molecule has 3 aromatic rings. The number of halogens is 1. The lowest BCUT2D eigenvalue weighted by atomic mass is 9.93. The summed E-state index contributed by atoms with van der Waals surface area (Å²) >= 11 is 3.71. The van der Waals surface area contributed by atoms with Crippen LogP contribution in [-0.2, 0) is 19.6 Å². The van der Waals surface area contributed by atoms with E-state index >= 15 is 0 Å². The van der Waals surface area contributed by atoms with Crippen molar-refractivity contribution in [3.05, 3.63) is 69.5 Å². The van der Waals surface area contributed by atoms with Crippen molar-refractivity contribution in [3.63, 3.8) is 0 Å². The second-order valence-corrected chi connectivity index (χ2v) is 10.5. The van der Waals surface area contributed by atoms with E-state index in [2.05, 4.69) is 47.5 Å². The van der Waals surface area contributed by atoms with E-state index < -0.39 is 6.10 Å². The van der Waals surface area contributed by atoms with Crippen molar-refractivity contribution in [3.8, 4) is 5.75 Å². The zero-order chi connectivity index (χ0) is 25.8. The fourth-order valence-corrected chi connectivity index (χ4v) is 5.31. The number of benzene rings is 1. The second-order valence-electron chi connectivity index (χ2n) is 9.72. The van der Waals surface area contributed by atoms with Crippen molar-refractivity contribution in [1.82, 2.24) is 20.2 Å². The number of fused-ring (bicyclic) bond motifs is 1. The first-order valence-electron chi connectivity index (χ1n) is 12.7. The highest BCUT2D eigenvalue weighted by Gasteiger charge is 2.23. The molecule has 9 nitrogen and oxygen atoms in total. The molecule has 37 heavy (non-hydrogen) atoms. The maximum atomic E-state index is 12.6. The first-order valence-corrected chi connectivity index (χ1v) is 13.5. The summed E-state index contributed by atoms with van der Waals surface area (Å²) in [5, 5.41) is 16.8. The minimum Gasteiger partial charge on any atom is -0.484 e. The third kappa shape index (κ3) is 6.31. The standard InChI is InChI=1S/C27H32BrN5O4/c1-17-24(37-16-31-17)15-36-23-6-5-19-13-33(10-8-22(19)26(23)28)14-21(34)12-30-27(35)18-7-9-29-25(11-18)32-20-3-2-4-20/h5-7,9,11,16,20-21,34H,2-4,8,10,12-15H2,1H3,(H,29,32)(H,30,35). The number of nitrogens with one attached hydrogen (secondary N) is 2. The van der Waals surface area contributed by atoms with Gasteiger partial charge >= 0.3 is 0 Å². The number of hydrogen-bond donors (Lipinski definition) is 3. The Kier molecular flexibility index (Phi) is 8.07. The number of aliphatic hydroxyl groups excluding tert-OH is 1. The number of β-amino-alcohol motifs (C(OH)–C–C–N with tert-alkyl or cyclic N) is 1. The molecule has 1 aliphatic heterocycles. The number of aryl methyl sites for hydroxylation is 1. The summed E-state index contributed by atoms with van der Waals surface area (Å²) in [6, 6.07) is 7.94. The predicted molar refractivity (Wildman–Crippen MR) is 143 cm³/mol. The van der Waals surface area contributed by atoms with E-state index in [-0.39, 0.29) is 12.5 Å². The number of amides is 1. The van der Waals surface area contributed by atoms with E-state index in [0.717, 1.165) is 54.1 Å². The highest BCUT2D eigenvalue weighted by molar-refractivity contribution is 9.10. The molecule has 0 radical (unpaired) electrons. The summed E-state index contributed by atoms with van der Waals surface area (Å²) in [5.74, 6) is 2.00. The van der Waals surface area contributed by atoms with Crippen LogP contribution >= 0.6 is 15.9 Å². The number of oxazole rings is 1. The number of aliphatic hydroxyl groups is 1. The van der Waals surface area contributed by atoms with E-state index in [4.69, 9.17) is 9.15 Å². The highest BCUT2D eigenvalue weighted by Crippen LogP contribution is 2.35. The largest absolute Gasteiger partial charge is 0.484 e. The number of nitrogens with zero attached hydrogens (tertiary/aromatic N) is 3. The van der Waals surface area contributed by atoms with Crippen LogP contribution in [0.4, 0.5) is 5.82 Å². The number of ether oxygens (including phenoxy) is 1. The quantitative estimate of drug-likeness (QED) is 0.337. The second kappa shape index (κ2) is 11.6. The zero-order valence-electron chi connectivity index (χ0n) is 20.9. The van der Waals surface area contributed by atoms with Crippen LogP contribution in [0.3, 0.4) is 0 Å². The van der Waals surface area contributed by atoms with Crippen molar-refractivity contribution in [2.75, 3.05) is 25.0 Å². The fraction of sp³-hybridized carbons (Fsp3) is 0.444. The first kappa shape index (κ1) is 25.7. The van der Waals surface area contributed by atoms with Crippen LogP contribution in [0, 0.1) is 6.92 Å². The molecule has 1 aliphatic carbocycles. The Labute approximate surface area is 224 Å². The van der Waals surface area contributed by atoms with Gasteiger partial charge in [-0.15, -0.1) is 0 Å². The minimum atomic E-state index is -0.670. The van der Waals surface area contributed by atoms with Gasteiger partial charge in [-0.1, -0.05) is 6.07 Å². The van der Waals surface area contributed by atoms with Crippen LogP contribution in [-0.4, -0.2) is 57.7 Å². The number of rotatable bonds is 10. The van der Waals surface area contributed by atoms with Gasteiger partial charge in [0.15, 0.2) is 12.2 Å². The molecule has 1 unspecified atom stereocenters. The maximum Gasteiger partial charge on any atom is 0.251 e. The van der Waals surface area contributed by atoms with Gasteiger partial charge in [0.1, 0.15) is 18.2 Å². The average molecular weight is 570 g/mol. The molecule has 5 rings (SSSR count). The third-order valence-electron chi connectivity index (χ3n) is 7.03. The molecule has 3 heterocycles. The van der Waals surface area contributed by atoms with Gasteiger partial charge in [0, 0.05) is 44.0 Å². The lowest BCUT2D eigenvalue weighted by molar-refractivity contribution is 0.0841. The number of anilines is 1. The fourth-order valence-electron chi connectivity index (χ4n) is 4.61. The summed E-state index contributed by atoms with van der Waals surface area (Å²) < 4.78 is 12.3. The van der Waals surface area contributed by atoms with E-state index in [9.17, 15) is 9.90 Å². The lowest BCUT2D eigenvalue weighted by Gasteiger charge is -2.31. The minimum absolute atomic E-state index is 0.188. The van der Waals surface area contributed by atoms with Crippen molar-refractivity contribution in [2.45, 2.75) is 57.9 Å². The number of hydrogen-bond acceptors (Lipinski definition) is 8. The van der Waals surface area contributed by atoms with E-state index in [1.54, 1.807) is 18.3 Å². The van der Waals surface area contributed by atoms with Crippen molar-refractivity contribution >= 4 is 27.7 Å². The summed E-state index contributed by atoms with van der Waals surface area (Å²) in [5.41, 5.74) is 3.78. The van der Waals surface area contributed by atoms with Gasteiger partial charge in [0.25, 0.3) is 5.91 Å². The van der Waals surface area contributed by atoms with Gasteiger partial charge in [-0.2, -0.15) is 0 Å². The molecule has 3 N–H and O–H groups in total. The Bertz CT molecular complexity index is 1250. The Hall–Kier alpha value is -2.95. The monoisotopic (exact) mass is 569 g/mol. The Morgan fingerprint density at radius 3 is 2.95 bits per heavy atom. The van der Waals surface area contributed by atoms with Crippen molar-refractivity contribution in [1.29, 1.82) is 0 Å². The van der Waals surface area contributed by atoms with Crippen LogP contribution in [0.15, 0.2) is 45.7 Å². The van der Waals surface area contributed by atoms with Crippen LogP contribution in [0.25, 0.3) is 0 Å². The molecule has 1 fully saturated rings. The summed E-state index contributed by atoms with van der Waals surface area (Å²) in [6.45, 7) is 4.41. The van der Waals surface area contributed by atoms with Gasteiger partial charge < -0.3 is 24.9 Å². The summed E-state index contributed by atoms with van der Waals surface area (Å²) in [7, 11) is 0. The first-order chi connectivity index (χ1) is 18.0. The van der Waals surface area contributed by atoms with Crippen LogP contribution in [0.2, 0.25) is 0 Å². The predicted octanol–water partition coefficient (Wildman–Crippen LogP) is 3.83. The van der Waals surface area contributed by atoms with Crippen LogP contribution < -0.4 is 15.4 Å². The number of pyridine rings is 1. The number of carbonyl (C=O) groups excluding carboxylic acids is 1. The molecular weight excluding hydrogens is 538 g/mol. The van der Waals surface area contributed by atoms with Gasteiger partial charge in [0.2, 0.25) is 0 Å². The van der Waals surface area contributed by atoms with Gasteiger partial charge in [-0.05, 0) is 77.9 Å². The van der Waals surface area contributed by atoms with E-state index in [1.165, 1.54) is 23.9 Å². The molecule has 0 spiro atoms. The molecular formula is C27H32BrN5O4. The molecule has 2 aliphatic rings. The summed E-state index contributed by atoms with van der Waals surface area (Å²) in [6.07, 6.45) is 6.74. The lowest BCUT2D eigenvalue weighted by Crippen LogP contribution is -2.42. The zero-order valence-corrected chi connectivity index (χ0v) is 22.5. The van der Waals surface area contributed by atoms with Gasteiger partial charge in [-0.3, -0.25) is 9.69 Å². The molecule has 10 heteroatoms. The van der Waals surface area contributed by atoms with Crippen LogP contribution in [0.5, 0.6) is 5.75 Å². The van der Waals surface area contributed by atoms with Gasteiger partial charge in [0.05, 0.1) is 16.3 Å². The van der Waals surface area contributed by atoms with Crippen molar-refractivity contribution < 1.29 is 19.1 Å². The Morgan fingerprint density at radius 2 is 2.19 bits per heavy atom. The normalized spacial score (nSPS) is 16.5. The van der Waals surface area contributed by atoms with Gasteiger partial charge in [-0.25, -0.2) is 9.97 Å². The topological polar surface area (TPSA) is 113 Å². The molecule has 1 amide bonds. The molecule has 2 aromatic heterocycles. The Balaban J connectivity index is 1.10. The SMILES string of the molecule is Cc1ncoc1COc1ccc2c(c1Br)CCN(CC(O)CNC(=O)c1ccnc(NC3CCC3)c1)C2. The molecule has 0 bridgehead atoms.